The lowest BCUT2D eigenvalue weighted by Gasteiger charge is -2.37. The van der Waals surface area contributed by atoms with Crippen molar-refractivity contribution in [3.05, 3.63) is 94.4 Å². The van der Waals surface area contributed by atoms with Crippen LogP contribution in [0, 0.1) is 0 Å². The lowest BCUT2D eigenvalue weighted by molar-refractivity contribution is -0.137. The SMILES string of the molecule is CS(=O)(=O)N1CCc2c(c(-c3ccc(C(F)(F)F)cc3)nn2CCCN2CCN(c3c(Cl)cccc3NC(=O)O)CC2)C1.NC(=O)c1cccnc1. The molecule has 4 aromatic rings. The van der Waals surface area contributed by atoms with Gasteiger partial charge in [0.25, 0.3) is 0 Å². The maximum Gasteiger partial charge on any atom is 0.416 e. The summed E-state index contributed by atoms with van der Waals surface area (Å²) in [6, 6.07) is 13.2. The fourth-order valence-corrected chi connectivity index (χ4v) is 7.26. The van der Waals surface area contributed by atoms with Crippen molar-refractivity contribution in [3.8, 4) is 11.3 Å². The van der Waals surface area contributed by atoms with Gasteiger partial charge in [-0.25, -0.2) is 13.2 Å². The number of aryl methyl sites for hydroxylation is 1. The number of nitrogens with one attached hydrogen (secondary N) is 1. The zero-order valence-corrected chi connectivity index (χ0v) is 29.8. The average Bonchev–Trinajstić information content (AvgIpc) is 3.46. The molecule has 2 aromatic carbocycles. The van der Waals surface area contributed by atoms with Crippen LogP contribution in [0.25, 0.3) is 11.3 Å². The Hall–Kier alpha value is -4.71. The smallest absolute Gasteiger partial charge is 0.416 e. The largest absolute Gasteiger partial charge is 0.465 e. The number of amides is 2. The molecule has 0 saturated carbocycles. The number of anilines is 2. The number of aromatic nitrogens is 3. The number of halogens is 4. The first-order valence-electron chi connectivity index (χ1n) is 16.3. The zero-order valence-electron chi connectivity index (χ0n) is 28.2. The van der Waals surface area contributed by atoms with Crippen LogP contribution >= 0.6 is 11.6 Å². The Bertz CT molecular complexity index is 1990. The van der Waals surface area contributed by atoms with Gasteiger partial charge in [-0.1, -0.05) is 29.8 Å². The molecular formula is C34H38ClF3N8O5S. The molecule has 2 amide bonds. The molecule has 0 bridgehead atoms. The maximum atomic E-state index is 13.1. The van der Waals surface area contributed by atoms with Crippen LogP contribution in [-0.2, 0) is 35.7 Å². The van der Waals surface area contributed by atoms with E-state index in [0.29, 0.717) is 65.8 Å². The maximum absolute atomic E-state index is 13.1. The van der Waals surface area contributed by atoms with Crippen LogP contribution in [0.15, 0.2) is 67.0 Å². The number of hydrogen-bond donors (Lipinski definition) is 3. The highest BCUT2D eigenvalue weighted by Crippen LogP contribution is 2.36. The molecular weight excluding hydrogens is 725 g/mol. The molecule has 0 atom stereocenters. The van der Waals surface area contributed by atoms with Crippen molar-refractivity contribution in [1.29, 1.82) is 0 Å². The molecule has 18 heteroatoms. The van der Waals surface area contributed by atoms with Gasteiger partial charge < -0.3 is 15.7 Å². The fraction of sp³-hybridized carbons (Fsp3) is 0.353. The van der Waals surface area contributed by atoms with E-state index < -0.39 is 33.8 Å². The summed E-state index contributed by atoms with van der Waals surface area (Å²) in [4.78, 5) is 29.7. The number of pyridine rings is 1. The van der Waals surface area contributed by atoms with Crippen molar-refractivity contribution in [2.75, 3.05) is 55.7 Å². The monoisotopic (exact) mass is 762 g/mol. The number of hydrogen-bond acceptors (Lipinski definition) is 8. The highest BCUT2D eigenvalue weighted by molar-refractivity contribution is 7.88. The number of alkyl halides is 3. The molecule has 0 spiro atoms. The van der Waals surface area contributed by atoms with Gasteiger partial charge in [0.05, 0.1) is 39.5 Å². The molecule has 278 valence electrons. The van der Waals surface area contributed by atoms with Gasteiger partial charge in [0.2, 0.25) is 15.9 Å². The highest BCUT2D eigenvalue weighted by Gasteiger charge is 2.32. The van der Waals surface area contributed by atoms with Crippen molar-refractivity contribution in [1.82, 2.24) is 24.0 Å². The summed E-state index contributed by atoms with van der Waals surface area (Å²) in [6.45, 7) is 4.59. The number of benzene rings is 2. The van der Waals surface area contributed by atoms with E-state index in [4.69, 9.17) is 22.4 Å². The van der Waals surface area contributed by atoms with Crippen molar-refractivity contribution < 1.29 is 36.3 Å². The van der Waals surface area contributed by atoms with Crippen molar-refractivity contribution >= 4 is 45.0 Å². The Morgan fingerprint density at radius 1 is 1.00 bits per heavy atom. The normalized spacial score (nSPS) is 15.4. The molecule has 6 rings (SSSR count). The number of carboxylic acid groups (broad SMARTS) is 1. The molecule has 0 unspecified atom stereocenters. The topological polar surface area (TPSA) is 167 Å². The third-order valence-corrected chi connectivity index (χ3v) is 10.3. The zero-order chi connectivity index (χ0) is 37.6. The molecule has 4 N–H and O–H groups in total. The molecule has 0 aliphatic carbocycles. The molecule has 2 aliphatic heterocycles. The van der Waals surface area contributed by atoms with Gasteiger partial charge in [0.1, 0.15) is 0 Å². The second kappa shape index (κ2) is 16.3. The minimum atomic E-state index is -4.46. The number of nitrogens with two attached hydrogens (primary N) is 1. The van der Waals surface area contributed by atoms with Crippen LogP contribution in [0.3, 0.4) is 0 Å². The lowest BCUT2D eigenvalue weighted by atomic mass is 10.0. The molecule has 1 saturated heterocycles. The molecule has 0 radical (unpaired) electrons. The number of rotatable bonds is 9. The quantitative estimate of drug-likeness (QED) is 0.212. The van der Waals surface area contributed by atoms with E-state index in [0.717, 1.165) is 55.7 Å². The number of para-hydroxylation sites is 1. The number of primary amides is 1. The van der Waals surface area contributed by atoms with Crippen LogP contribution in [0.1, 0.15) is 33.6 Å². The summed E-state index contributed by atoms with van der Waals surface area (Å²) >= 11 is 6.42. The Morgan fingerprint density at radius 2 is 1.71 bits per heavy atom. The van der Waals surface area contributed by atoms with Gasteiger partial charge in [-0.2, -0.15) is 22.6 Å². The van der Waals surface area contributed by atoms with Gasteiger partial charge in [0.15, 0.2) is 0 Å². The first-order chi connectivity index (χ1) is 24.6. The number of sulfonamides is 1. The van der Waals surface area contributed by atoms with Crippen molar-refractivity contribution in [2.24, 2.45) is 5.73 Å². The predicted octanol–water partition coefficient (Wildman–Crippen LogP) is 5.02. The number of fused-ring (bicyclic) bond motifs is 1. The second-order valence-corrected chi connectivity index (χ2v) is 14.7. The van der Waals surface area contributed by atoms with Gasteiger partial charge in [-0.3, -0.25) is 24.7 Å². The first kappa shape index (κ1) is 38.5. The van der Waals surface area contributed by atoms with E-state index in [9.17, 15) is 36.3 Å². The Kier molecular flexibility index (Phi) is 12.1. The van der Waals surface area contributed by atoms with Gasteiger partial charge >= 0.3 is 12.3 Å². The Labute approximate surface area is 303 Å². The number of carbonyl (C=O) groups is 2. The second-order valence-electron chi connectivity index (χ2n) is 12.3. The minimum absolute atomic E-state index is 0.118. The summed E-state index contributed by atoms with van der Waals surface area (Å²) in [6.07, 6.45) is -0.230. The van der Waals surface area contributed by atoms with Gasteiger partial charge in [0, 0.05) is 88.0 Å². The molecule has 2 aliphatic rings. The first-order valence-corrected chi connectivity index (χ1v) is 18.5. The summed E-state index contributed by atoms with van der Waals surface area (Å²) in [5.74, 6) is -0.442. The van der Waals surface area contributed by atoms with Crippen molar-refractivity contribution in [3.63, 3.8) is 0 Å². The van der Waals surface area contributed by atoms with E-state index in [-0.39, 0.29) is 6.54 Å². The molecule has 1 fully saturated rings. The summed E-state index contributed by atoms with van der Waals surface area (Å²) in [7, 11) is -3.46. The molecule has 4 heterocycles. The van der Waals surface area contributed by atoms with E-state index in [1.165, 1.54) is 22.6 Å². The Balaban J connectivity index is 0.000000507. The number of nitrogens with zero attached hydrogens (tertiary/aromatic N) is 6. The Morgan fingerprint density at radius 3 is 2.29 bits per heavy atom. The standard InChI is InChI=1S/C28H32ClF3N6O4S.C6H6N2O/c1-43(41,42)37-13-10-24-21(18-37)25(19-6-8-20(9-7-19)28(30,31)32)34-38(24)12-3-11-35-14-16-36(17-15-35)26-22(29)4-2-5-23(26)33-27(39)40;7-6(9)5-2-1-3-8-4-5/h2,4-9,33H,3,10-18H2,1H3,(H,39,40);1-4H,(H2,7,9). The third kappa shape index (κ3) is 9.58. The summed E-state index contributed by atoms with van der Waals surface area (Å²) in [5, 5.41) is 16.8. The van der Waals surface area contributed by atoms with Gasteiger partial charge in [-0.05, 0) is 42.8 Å². The van der Waals surface area contributed by atoms with Gasteiger partial charge in [-0.15, -0.1) is 0 Å². The number of carbonyl (C=O) groups excluding carboxylic acids is 1. The molecule has 2 aromatic heterocycles. The van der Waals surface area contributed by atoms with Crippen LogP contribution in [0.4, 0.5) is 29.3 Å². The molecule has 13 nitrogen and oxygen atoms in total. The van der Waals surface area contributed by atoms with E-state index in [1.807, 2.05) is 4.68 Å². The van der Waals surface area contributed by atoms with Crippen LogP contribution in [0.5, 0.6) is 0 Å². The van der Waals surface area contributed by atoms with Crippen LogP contribution < -0.4 is 16.0 Å². The van der Waals surface area contributed by atoms with E-state index in [2.05, 4.69) is 20.1 Å². The lowest BCUT2D eigenvalue weighted by Crippen LogP contribution is -2.47. The van der Waals surface area contributed by atoms with Crippen LogP contribution in [0.2, 0.25) is 5.02 Å². The molecule has 52 heavy (non-hydrogen) atoms. The average molecular weight is 763 g/mol. The van der Waals surface area contributed by atoms with Crippen molar-refractivity contribution in [2.45, 2.75) is 32.1 Å². The third-order valence-electron chi connectivity index (χ3n) is 8.76. The van der Waals surface area contributed by atoms with Crippen LogP contribution in [-0.4, -0.2) is 95.0 Å². The van der Waals surface area contributed by atoms with E-state index >= 15 is 0 Å². The predicted molar refractivity (Wildman–Crippen MR) is 191 cm³/mol. The van der Waals surface area contributed by atoms with E-state index in [1.54, 1.807) is 36.5 Å². The summed E-state index contributed by atoms with van der Waals surface area (Å²) < 4.78 is 67.2. The summed E-state index contributed by atoms with van der Waals surface area (Å²) in [5.41, 5.74) is 8.34. The highest BCUT2D eigenvalue weighted by atomic mass is 35.5. The minimum Gasteiger partial charge on any atom is -0.465 e. The fourth-order valence-electron chi connectivity index (χ4n) is 6.18. The number of piperazine rings is 1.